The summed E-state index contributed by atoms with van der Waals surface area (Å²) in [6.45, 7) is 2.54. The van der Waals surface area contributed by atoms with Crippen molar-refractivity contribution in [2.45, 2.75) is 64.0 Å². The number of nitrogens with one attached hydrogen (secondary N) is 1. The first kappa shape index (κ1) is 16.8. The number of aromatic nitrogens is 1. The molecule has 1 saturated carbocycles. The quantitative estimate of drug-likeness (QED) is 0.820. The largest absolute Gasteiger partial charge is 0.356 e. The van der Waals surface area contributed by atoms with Gasteiger partial charge in [-0.1, -0.05) is 44.4 Å². The maximum atomic E-state index is 13.2. The molecule has 142 valence electrons. The fraction of sp³-hybridized carbons (Fsp3) is 0.545. The molecule has 5 rings (SSSR count). The molecule has 27 heavy (non-hydrogen) atoms. The van der Waals surface area contributed by atoms with Crippen LogP contribution >= 0.6 is 0 Å². The van der Waals surface area contributed by atoms with E-state index in [2.05, 4.69) is 23.2 Å². The highest BCUT2D eigenvalue weighted by Crippen LogP contribution is 2.47. The Labute approximate surface area is 159 Å². The Morgan fingerprint density at radius 3 is 2.67 bits per heavy atom. The van der Waals surface area contributed by atoms with Crippen LogP contribution in [0.1, 0.15) is 62.7 Å². The highest BCUT2D eigenvalue weighted by atomic mass is 16.2. The Hall–Kier alpha value is -2.30. The minimum Gasteiger partial charge on any atom is -0.356 e. The molecule has 0 radical (unpaired) electrons. The summed E-state index contributed by atoms with van der Waals surface area (Å²) >= 11 is 0. The summed E-state index contributed by atoms with van der Waals surface area (Å²) in [7, 11) is 0. The van der Waals surface area contributed by atoms with Crippen LogP contribution in [0.4, 0.5) is 4.79 Å². The van der Waals surface area contributed by atoms with E-state index in [0.29, 0.717) is 18.9 Å². The van der Waals surface area contributed by atoms with Crippen LogP contribution in [0.15, 0.2) is 24.3 Å². The molecule has 5 nitrogen and oxygen atoms in total. The molecule has 2 atom stereocenters. The van der Waals surface area contributed by atoms with Crippen molar-refractivity contribution in [3.05, 3.63) is 35.5 Å². The lowest BCUT2D eigenvalue weighted by molar-refractivity contribution is -0.128. The summed E-state index contributed by atoms with van der Waals surface area (Å²) < 4.78 is 0. The van der Waals surface area contributed by atoms with Crippen molar-refractivity contribution in [2.24, 2.45) is 5.92 Å². The second kappa shape index (κ2) is 6.39. The van der Waals surface area contributed by atoms with Crippen LogP contribution in [0.5, 0.6) is 0 Å². The number of amides is 3. The molecule has 1 aromatic heterocycles. The summed E-state index contributed by atoms with van der Waals surface area (Å²) in [5.41, 5.74) is 3.55. The van der Waals surface area contributed by atoms with E-state index >= 15 is 0 Å². The number of hydrogen-bond acceptors (Lipinski definition) is 2. The van der Waals surface area contributed by atoms with Crippen LogP contribution < -0.4 is 0 Å². The van der Waals surface area contributed by atoms with Gasteiger partial charge >= 0.3 is 6.03 Å². The van der Waals surface area contributed by atoms with E-state index in [4.69, 9.17) is 0 Å². The molecule has 3 heterocycles. The fourth-order valence-electron chi connectivity index (χ4n) is 5.53. The number of H-pyrrole nitrogens is 1. The molecule has 2 fully saturated rings. The summed E-state index contributed by atoms with van der Waals surface area (Å²) in [5.74, 6) is 0.435. The van der Waals surface area contributed by atoms with Crippen molar-refractivity contribution in [3.8, 4) is 0 Å². The van der Waals surface area contributed by atoms with Gasteiger partial charge in [-0.05, 0) is 36.8 Å². The number of aromatic amines is 1. The van der Waals surface area contributed by atoms with Crippen LogP contribution in [0.3, 0.4) is 0 Å². The summed E-state index contributed by atoms with van der Waals surface area (Å²) in [6.07, 6.45) is 7.43. The summed E-state index contributed by atoms with van der Waals surface area (Å²) in [4.78, 5) is 33.4. The summed E-state index contributed by atoms with van der Waals surface area (Å²) in [6, 6.07) is 7.94. The molecular weight excluding hydrogens is 338 g/mol. The van der Waals surface area contributed by atoms with E-state index in [-0.39, 0.29) is 24.0 Å². The highest BCUT2D eigenvalue weighted by molar-refractivity contribution is 6.05. The Morgan fingerprint density at radius 2 is 1.89 bits per heavy atom. The van der Waals surface area contributed by atoms with Crippen molar-refractivity contribution < 1.29 is 9.59 Å². The molecule has 1 aliphatic carbocycles. The fourth-order valence-corrected chi connectivity index (χ4v) is 5.53. The van der Waals surface area contributed by atoms with Gasteiger partial charge in [0.15, 0.2) is 0 Å². The van der Waals surface area contributed by atoms with Gasteiger partial charge < -0.3 is 9.88 Å². The molecule has 2 aromatic rings. The number of rotatable bonds is 3. The van der Waals surface area contributed by atoms with Crippen molar-refractivity contribution in [1.82, 2.24) is 14.8 Å². The zero-order chi connectivity index (χ0) is 18.5. The zero-order valence-corrected chi connectivity index (χ0v) is 15.9. The Balaban J connectivity index is 1.65. The maximum absolute atomic E-state index is 13.2. The van der Waals surface area contributed by atoms with Gasteiger partial charge in [0.1, 0.15) is 6.04 Å². The monoisotopic (exact) mass is 365 g/mol. The standard InChI is InChI=1S/C22H27N3O2/c1-2-12-24-21(26)18-13-16-15-10-6-7-11-17(15)23-19(16)20(25(18)22(24)27)14-8-4-3-5-9-14/h6-7,10-11,14,18,20,23H,2-5,8-9,12-13H2,1H3/t18-,20+/m0/s1. The number of imide groups is 1. The Morgan fingerprint density at radius 1 is 1.11 bits per heavy atom. The molecule has 5 heteroatoms. The molecule has 3 aliphatic rings. The average Bonchev–Trinajstić information content (AvgIpc) is 3.18. The number of nitrogens with zero attached hydrogens (tertiary/aromatic N) is 2. The first-order valence-electron chi connectivity index (χ1n) is 10.4. The average molecular weight is 365 g/mol. The van der Waals surface area contributed by atoms with E-state index in [1.54, 1.807) is 0 Å². The number of para-hydroxylation sites is 1. The number of carbonyl (C=O) groups excluding carboxylic acids is 2. The topological polar surface area (TPSA) is 56.4 Å². The van der Waals surface area contributed by atoms with Crippen molar-refractivity contribution in [3.63, 3.8) is 0 Å². The smallest absolute Gasteiger partial charge is 0.328 e. The lowest BCUT2D eigenvalue weighted by Gasteiger charge is -2.41. The van der Waals surface area contributed by atoms with Gasteiger partial charge in [-0.3, -0.25) is 9.69 Å². The van der Waals surface area contributed by atoms with Crippen LogP contribution in [-0.2, 0) is 11.2 Å². The van der Waals surface area contributed by atoms with Crippen LogP contribution in [-0.4, -0.2) is 39.3 Å². The van der Waals surface area contributed by atoms with Gasteiger partial charge in [-0.25, -0.2) is 4.79 Å². The number of benzene rings is 1. The van der Waals surface area contributed by atoms with Crippen molar-refractivity contribution in [1.29, 1.82) is 0 Å². The molecular formula is C22H27N3O2. The van der Waals surface area contributed by atoms with Crippen LogP contribution in [0, 0.1) is 5.92 Å². The summed E-state index contributed by atoms with van der Waals surface area (Å²) in [5, 5.41) is 1.21. The lowest BCUT2D eigenvalue weighted by Crippen LogP contribution is -2.46. The van der Waals surface area contributed by atoms with Gasteiger partial charge in [0.05, 0.1) is 6.04 Å². The predicted molar refractivity (Wildman–Crippen MR) is 104 cm³/mol. The third kappa shape index (κ3) is 2.43. The Kier molecular flexibility index (Phi) is 3.99. The molecule has 0 unspecified atom stereocenters. The lowest BCUT2D eigenvalue weighted by atomic mass is 9.78. The van der Waals surface area contributed by atoms with Gasteiger partial charge in [0.2, 0.25) is 0 Å². The molecule has 0 bridgehead atoms. The molecule has 0 spiro atoms. The van der Waals surface area contributed by atoms with Crippen LogP contribution in [0.25, 0.3) is 10.9 Å². The molecule has 1 saturated heterocycles. The first-order chi connectivity index (χ1) is 13.2. The third-order valence-electron chi connectivity index (χ3n) is 6.72. The van der Waals surface area contributed by atoms with Gasteiger partial charge in [0.25, 0.3) is 5.91 Å². The van der Waals surface area contributed by atoms with E-state index < -0.39 is 0 Å². The van der Waals surface area contributed by atoms with Crippen LogP contribution in [0.2, 0.25) is 0 Å². The normalized spacial score (nSPS) is 26.0. The zero-order valence-electron chi connectivity index (χ0n) is 15.9. The minimum atomic E-state index is -0.331. The predicted octanol–water partition coefficient (Wildman–Crippen LogP) is 4.39. The second-order valence-electron chi connectivity index (χ2n) is 8.31. The number of carbonyl (C=O) groups is 2. The molecule has 1 aromatic carbocycles. The molecule has 3 amide bonds. The van der Waals surface area contributed by atoms with Crippen molar-refractivity contribution in [2.75, 3.05) is 6.54 Å². The van der Waals surface area contributed by atoms with Gasteiger partial charge in [-0.2, -0.15) is 0 Å². The minimum absolute atomic E-state index is 0.00131. The second-order valence-corrected chi connectivity index (χ2v) is 8.31. The number of urea groups is 1. The first-order valence-corrected chi connectivity index (χ1v) is 10.4. The van der Waals surface area contributed by atoms with E-state index in [1.165, 1.54) is 40.8 Å². The van der Waals surface area contributed by atoms with E-state index in [9.17, 15) is 9.59 Å². The number of fused-ring (bicyclic) bond motifs is 4. The SMILES string of the molecule is CCCN1C(=O)[C@@H]2Cc3c([nH]c4ccccc34)[C@@H](C3CCCCC3)N2C1=O. The van der Waals surface area contributed by atoms with Gasteiger partial charge in [0, 0.05) is 29.6 Å². The van der Waals surface area contributed by atoms with Gasteiger partial charge in [-0.15, -0.1) is 0 Å². The highest BCUT2D eigenvalue weighted by Gasteiger charge is 2.53. The maximum Gasteiger partial charge on any atom is 0.328 e. The number of hydrogen-bond donors (Lipinski definition) is 1. The Bertz CT molecular complexity index is 896. The third-order valence-corrected chi connectivity index (χ3v) is 6.72. The van der Waals surface area contributed by atoms with E-state index in [1.807, 2.05) is 17.9 Å². The van der Waals surface area contributed by atoms with E-state index in [0.717, 1.165) is 24.8 Å². The molecule has 2 aliphatic heterocycles. The van der Waals surface area contributed by atoms with Crippen molar-refractivity contribution >= 4 is 22.8 Å². The molecule has 1 N–H and O–H groups in total.